The van der Waals surface area contributed by atoms with E-state index in [0.717, 1.165) is 44.4 Å². The molecule has 0 aliphatic carbocycles. The fraction of sp³-hybridized carbons (Fsp3) is 0.444. The van der Waals surface area contributed by atoms with Gasteiger partial charge in [0.15, 0.2) is 5.96 Å². The summed E-state index contributed by atoms with van der Waals surface area (Å²) in [7, 11) is 1.92. The van der Waals surface area contributed by atoms with E-state index in [1.807, 2.05) is 29.9 Å². The molecule has 0 unspecified atom stereocenters. The van der Waals surface area contributed by atoms with Gasteiger partial charge in [0, 0.05) is 46.0 Å². The van der Waals surface area contributed by atoms with Gasteiger partial charge < -0.3 is 15.1 Å². The molecule has 25 heavy (non-hydrogen) atoms. The molecule has 1 saturated heterocycles. The van der Waals surface area contributed by atoms with Crippen LogP contribution in [-0.2, 0) is 13.6 Å². The molecular weight excluding hydrogens is 319 g/mol. The minimum atomic E-state index is -0.160. The standard InChI is InChI=1S/C18H25FN6/c1-3-20-18(21-14-15-8-9-22-23(15)2)25-12-10-24(11-13-25)17-7-5-4-6-16(17)19/h4-9H,3,10-14H2,1-2H3,(H,20,21). The minimum Gasteiger partial charge on any atom is -0.366 e. The van der Waals surface area contributed by atoms with Crippen LogP contribution in [0.4, 0.5) is 10.1 Å². The Morgan fingerprint density at radius 1 is 1.20 bits per heavy atom. The van der Waals surface area contributed by atoms with E-state index in [0.29, 0.717) is 12.2 Å². The molecule has 6 nitrogen and oxygen atoms in total. The van der Waals surface area contributed by atoms with E-state index in [-0.39, 0.29) is 5.82 Å². The molecule has 1 N–H and O–H groups in total. The van der Waals surface area contributed by atoms with Gasteiger partial charge in [-0.1, -0.05) is 12.1 Å². The van der Waals surface area contributed by atoms with Gasteiger partial charge in [-0.25, -0.2) is 9.38 Å². The number of benzene rings is 1. The third kappa shape index (κ3) is 4.10. The molecule has 1 aliphatic heterocycles. The molecule has 3 rings (SSSR count). The Labute approximate surface area is 148 Å². The second-order valence-electron chi connectivity index (χ2n) is 6.04. The number of hydrogen-bond donors (Lipinski definition) is 1. The largest absolute Gasteiger partial charge is 0.366 e. The lowest BCUT2D eigenvalue weighted by Gasteiger charge is -2.37. The van der Waals surface area contributed by atoms with Crippen molar-refractivity contribution in [1.29, 1.82) is 0 Å². The second-order valence-corrected chi connectivity index (χ2v) is 6.04. The summed E-state index contributed by atoms with van der Waals surface area (Å²) < 4.78 is 15.8. The van der Waals surface area contributed by atoms with Crippen LogP contribution in [0.2, 0.25) is 0 Å². The van der Waals surface area contributed by atoms with Crippen LogP contribution in [0.3, 0.4) is 0 Å². The topological polar surface area (TPSA) is 48.7 Å². The Balaban J connectivity index is 1.64. The lowest BCUT2D eigenvalue weighted by Crippen LogP contribution is -2.52. The number of para-hydroxylation sites is 1. The molecule has 0 saturated carbocycles. The van der Waals surface area contributed by atoms with Crippen molar-refractivity contribution in [2.24, 2.45) is 12.0 Å². The highest BCUT2D eigenvalue weighted by molar-refractivity contribution is 5.80. The van der Waals surface area contributed by atoms with Crippen molar-refractivity contribution >= 4 is 11.6 Å². The number of aliphatic imine (C=N–C) groups is 1. The number of halogens is 1. The fourth-order valence-corrected chi connectivity index (χ4v) is 3.01. The Kier molecular flexibility index (Phi) is 5.53. The molecule has 0 atom stereocenters. The fourth-order valence-electron chi connectivity index (χ4n) is 3.01. The van der Waals surface area contributed by atoms with Crippen molar-refractivity contribution in [2.75, 3.05) is 37.6 Å². The van der Waals surface area contributed by atoms with Gasteiger partial charge in [-0.2, -0.15) is 5.10 Å². The van der Waals surface area contributed by atoms with Crippen molar-refractivity contribution in [3.05, 3.63) is 48.0 Å². The average molecular weight is 344 g/mol. The van der Waals surface area contributed by atoms with Gasteiger partial charge in [0.05, 0.1) is 17.9 Å². The van der Waals surface area contributed by atoms with Gasteiger partial charge in [0.1, 0.15) is 5.82 Å². The highest BCUT2D eigenvalue weighted by atomic mass is 19.1. The number of aromatic nitrogens is 2. The molecule has 2 aromatic rings. The van der Waals surface area contributed by atoms with Gasteiger partial charge in [0.25, 0.3) is 0 Å². The second kappa shape index (κ2) is 8.00. The SMILES string of the molecule is CCNC(=NCc1ccnn1C)N1CCN(c2ccccc2F)CC1. The van der Waals surface area contributed by atoms with Gasteiger partial charge >= 0.3 is 0 Å². The summed E-state index contributed by atoms with van der Waals surface area (Å²) in [4.78, 5) is 9.06. The van der Waals surface area contributed by atoms with Crippen LogP contribution in [0, 0.1) is 5.82 Å². The van der Waals surface area contributed by atoms with E-state index in [9.17, 15) is 4.39 Å². The average Bonchev–Trinajstić information content (AvgIpc) is 3.04. The quantitative estimate of drug-likeness (QED) is 0.679. The molecule has 2 heterocycles. The first-order valence-electron chi connectivity index (χ1n) is 8.68. The minimum absolute atomic E-state index is 0.160. The smallest absolute Gasteiger partial charge is 0.194 e. The summed E-state index contributed by atoms with van der Waals surface area (Å²) in [5, 5.41) is 7.53. The van der Waals surface area contributed by atoms with E-state index in [4.69, 9.17) is 4.99 Å². The monoisotopic (exact) mass is 344 g/mol. The van der Waals surface area contributed by atoms with E-state index in [2.05, 4.69) is 27.1 Å². The molecule has 0 radical (unpaired) electrons. The maximum Gasteiger partial charge on any atom is 0.194 e. The van der Waals surface area contributed by atoms with E-state index in [1.54, 1.807) is 12.3 Å². The lowest BCUT2D eigenvalue weighted by molar-refractivity contribution is 0.370. The van der Waals surface area contributed by atoms with Crippen LogP contribution in [0.15, 0.2) is 41.5 Å². The predicted octanol–water partition coefficient (Wildman–Crippen LogP) is 1.85. The zero-order chi connectivity index (χ0) is 17.6. The number of piperazine rings is 1. The van der Waals surface area contributed by atoms with Crippen molar-refractivity contribution in [3.8, 4) is 0 Å². The van der Waals surface area contributed by atoms with Crippen LogP contribution in [-0.4, -0.2) is 53.4 Å². The van der Waals surface area contributed by atoms with E-state index >= 15 is 0 Å². The number of hydrogen-bond acceptors (Lipinski definition) is 3. The van der Waals surface area contributed by atoms with Crippen LogP contribution < -0.4 is 10.2 Å². The summed E-state index contributed by atoms with van der Waals surface area (Å²) >= 11 is 0. The summed E-state index contributed by atoms with van der Waals surface area (Å²) in [6.07, 6.45) is 1.78. The first-order chi connectivity index (χ1) is 12.2. The molecule has 1 aliphatic rings. The van der Waals surface area contributed by atoms with Gasteiger partial charge in [0.2, 0.25) is 0 Å². The molecular formula is C18H25FN6. The first kappa shape index (κ1) is 17.3. The Hall–Kier alpha value is -2.57. The van der Waals surface area contributed by atoms with Crippen LogP contribution in [0.1, 0.15) is 12.6 Å². The van der Waals surface area contributed by atoms with Crippen molar-refractivity contribution in [1.82, 2.24) is 20.0 Å². The first-order valence-corrected chi connectivity index (χ1v) is 8.68. The predicted molar refractivity (Wildman–Crippen MR) is 98.2 cm³/mol. The Morgan fingerprint density at radius 3 is 2.60 bits per heavy atom. The van der Waals surface area contributed by atoms with Crippen LogP contribution in [0.5, 0.6) is 0 Å². The molecule has 1 fully saturated rings. The molecule has 1 aromatic heterocycles. The normalized spacial score (nSPS) is 15.6. The van der Waals surface area contributed by atoms with Gasteiger partial charge in [-0.05, 0) is 25.1 Å². The molecule has 134 valence electrons. The van der Waals surface area contributed by atoms with Crippen molar-refractivity contribution in [2.45, 2.75) is 13.5 Å². The molecule has 1 aromatic carbocycles. The number of nitrogens with zero attached hydrogens (tertiary/aromatic N) is 5. The van der Waals surface area contributed by atoms with Gasteiger partial charge in [-0.3, -0.25) is 4.68 Å². The lowest BCUT2D eigenvalue weighted by atomic mass is 10.2. The Morgan fingerprint density at radius 2 is 1.96 bits per heavy atom. The third-order valence-corrected chi connectivity index (χ3v) is 4.42. The van der Waals surface area contributed by atoms with Crippen LogP contribution in [0.25, 0.3) is 0 Å². The van der Waals surface area contributed by atoms with Crippen molar-refractivity contribution in [3.63, 3.8) is 0 Å². The molecule has 7 heteroatoms. The number of guanidine groups is 1. The zero-order valence-electron chi connectivity index (χ0n) is 14.8. The zero-order valence-corrected chi connectivity index (χ0v) is 14.8. The summed E-state index contributed by atoms with van der Waals surface area (Å²) in [5.41, 5.74) is 1.75. The van der Waals surface area contributed by atoms with E-state index in [1.165, 1.54) is 6.07 Å². The van der Waals surface area contributed by atoms with E-state index < -0.39 is 0 Å². The summed E-state index contributed by atoms with van der Waals surface area (Å²) in [6, 6.07) is 8.94. The highest BCUT2D eigenvalue weighted by Crippen LogP contribution is 2.20. The summed E-state index contributed by atoms with van der Waals surface area (Å²) in [6.45, 7) is 6.64. The number of nitrogens with one attached hydrogen (secondary N) is 1. The molecule has 0 bridgehead atoms. The van der Waals surface area contributed by atoms with Gasteiger partial charge in [-0.15, -0.1) is 0 Å². The molecule has 0 spiro atoms. The maximum absolute atomic E-state index is 14.0. The number of aryl methyl sites for hydroxylation is 1. The van der Waals surface area contributed by atoms with Crippen LogP contribution >= 0.6 is 0 Å². The third-order valence-electron chi connectivity index (χ3n) is 4.42. The number of anilines is 1. The maximum atomic E-state index is 14.0. The van der Waals surface area contributed by atoms with Crippen molar-refractivity contribution < 1.29 is 4.39 Å². The summed E-state index contributed by atoms with van der Waals surface area (Å²) in [5.74, 6) is 0.740. The Bertz CT molecular complexity index is 718. The molecule has 0 amide bonds. The number of rotatable bonds is 4. The highest BCUT2D eigenvalue weighted by Gasteiger charge is 2.21.